The summed E-state index contributed by atoms with van der Waals surface area (Å²) in [5, 5.41) is 5.44. The van der Waals surface area contributed by atoms with Crippen molar-refractivity contribution in [3.63, 3.8) is 0 Å². The lowest BCUT2D eigenvalue weighted by molar-refractivity contribution is -0.114. The summed E-state index contributed by atoms with van der Waals surface area (Å²) in [6.45, 7) is 1.42. The third-order valence-corrected chi connectivity index (χ3v) is 3.35. The molecule has 2 N–H and O–H groups in total. The number of rotatable bonds is 4. The Morgan fingerprint density at radius 2 is 1.86 bits per heavy atom. The van der Waals surface area contributed by atoms with Gasteiger partial charge in [0.15, 0.2) is 0 Å². The van der Waals surface area contributed by atoms with Crippen LogP contribution in [0.15, 0.2) is 46.9 Å². The first-order valence-corrected chi connectivity index (χ1v) is 7.31. The molecule has 0 unspecified atom stereocenters. The molecule has 2 aromatic rings. The van der Waals surface area contributed by atoms with Crippen molar-refractivity contribution in [1.82, 2.24) is 0 Å². The largest absolute Gasteiger partial charge is 0.495 e. The van der Waals surface area contributed by atoms with Gasteiger partial charge in [-0.25, -0.2) is 0 Å². The number of halogens is 1. The molecule has 2 aromatic carbocycles. The monoisotopic (exact) mass is 362 g/mol. The third-order valence-electron chi connectivity index (χ3n) is 2.85. The van der Waals surface area contributed by atoms with E-state index in [4.69, 9.17) is 4.74 Å². The van der Waals surface area contributed by atoms with Crippen LogP contribution >= 0.6 is 15.9 Å². The van der Waals surface area contributed by atoms with E-state index >= 15 is 0 Å². The second kappa shape index (κ2) is 7.09. The lowest BCUT2D eigenvalue weighted by Gasteiger charge is -2.11. The summed E-state index contributed by atoms with van der Waals surface area (Å²) < 4.78 is 6.05. The molecule has 0 fully saturated rings. The van der Waals surface area contributed by atoms with Gasteiger partial charge in [-0.1, -0.05) is 22.0 Å². The van der Waals surface area contributed by atoms with Crippen molar-refractivity contribution in [3.8, 4) is 5.75 Å². The second-order valence-electron chi connectivity index (χ2n) is 4.56. The van der Waals surface area contributed by atoms with E-state index < -0.39 is 0 Å². The van der Waals surface area contributed by atoms with E-state index in [0.29, 0.717) is 22.7 Å². The molecule has 0 bridgehead atoms. The molecule has 2 rings (SSSR count). The fourth-order valence-electron chi connectivity index (χ4n) is 1.91. The van der Waals surface area contributed by atoms with Crippen molar-refractivity contribution in [2.45, 2.75) is 6.92 Å². The van der Waals surface area contributed by atoms with E-state index in [0.717, 1.165) is 4.47 Å². The van der Waals surface area contributed by atoms with Crippen molar-refractivity contribution in [2.24, 2.45) is 0 Å². The van der Waals surface area contributed by atoms with Crippen LogP contribution in [0, 0.1) is 0 Å². The fourth-order valence-corrected chi connectivity index (χ4v) is 2.27. The van der Waals surface area contributed by atoms with Crippen LogP contribution in [0.1, 0.15) is 17.3 Å². The number of amides is 2. The molecule has 2 amide bonds. The van der Waals surface area contributed by atoms with Gasteiger partial charge < -0.3 is 15.4 Å². The first-order valence-electron chi connectivity index (χ1n) is 6.52. The zero-order valence-corrected chi connectivity index (χ0v) is 13.7. The normalized spacial score (nSPS) is 9.95. The molecule has 22 heavy (non-hydrogen) atoms. The molecule has 0 aromatic heterocycles. The van der Waals surface area contributed by atoms with Crippen LogP contribution in [0.5, 0.6) is 5.75 Å². The lowest BCUT2D eigenvalue weighted by Crippen LogP contribution is -2.13. The SMILES string of the molecule is COc1ccc(Br)cc1NC(=O)c1cccc(NC(C)=O)c1. The zero-order valence-electron chi connectivity index (χ0n) is 12.1. The molecule has 6 heteroatoms. The van der Waals surface area contributed by atoms with Crippen LogP contribution in [-0.2, 0) is 4.79 Å². The Morgan fingerprint density at radius 1 is 1.09 bits per heavy atom. The molecule has 0 saturated carbocycles. The minimum Gasteiger partial charge on any atom is -0.495 e. The Labute approximate surface area is 136 Å². The summed E-state index contributed by atoms with van der Waals surface area (Å²) in [5.74, 6) is 0.0874. The van der Waals surface area contributed by atoms with Gasteiger partial charge >= 0.3 is 0 Å². The highest BCUT2D eigenvalue weighted by atomic mass is 79.9. The van der Waals surface area contributed by atoms with Crippen LogP contribution < -0.4 is 15.4 Å². The van der Waals surface area contributed by atoms with Crippen molar-refractivity contribution < 1.29 is 14.3 Å². The van der Waals surface area contributed by atoms with E-state index in [1.165, 1.54) is 14.0 Å². The van der Waals surface area contributed by atoms with Gasteiger partial charge in [0, 0.05) is 22.6 Å². The maximum absolute atomic E-state index is 12.3. The van der Waals surface area contributed by atoms with E-state index in [2.05, 4.69) is 26.6 Å². The number of carbonyl (C=O) groups is 2. The summed E-state index contributed by atoms with van der Waals surface area (Å²) >= 11 is 3.36. The van der Waals surface area contributed by atoms with Crippen LogP contribution in [0.4, 0.5) is 11.4 Å². The van der Waals surface area contributed by atoms with Crippen LogP contribution in [0.25, 0.3) is 0 Å². The van der Waals surface area contributed by atoms with Gasteiger partial charge in [-0.05, 0) is 36.4 Å². The number of hydrogen-bond acceptors (Lipinski definition) is 3. The van der Waals surface area contributed by atoms with Gasteiger partial charge in [0.1, 0.15) is 5.75 Å². The molecular weight excluding hydrogens is 348 g/mol. The molecule has 0 heterocycles. The van der Waals surface area contributed by atoms with Gasteiger partial charge in [-0.3, -0.25) is 9.59 Å². The van der Waals surface area contributed by atoms with Gasteiger partial charge in [0.25, 0.3) is 5.91 Å². The predicted molar refractivity (Wildman–Crippen MR) is 89.4 cm³/mol. The summed E-state index contributed by atoms with van der Waals surface area (Å²) in [6.07, 6.45) is 0. The highest BCUT2D eigenvalue weighted by Gasteiger charge is 2.11. The third kappa shape index (κ3) is 4.08. The Balaban J connectivity index is 2.22. The van der Waals surface area contributed by atoms with E-state index in [1.807, 2.05) is 6.07 Å². The molecule has 0 radical (unpaired) electrons. The van der Waals surface area contributed by atoms with Gasteiger partial charge in [-0.2, -0.15) is 0 Å². The summed E-state index contributed by atoms with van der Waals surface area (Å²) in [7, 11) is 1.54. The topological polar surface area (TPSA) is 67.4 Å². The van der Waals surface area contributed by atoms with Crippen LogP contribution in [-0.4, -0.2) is 18.9 Å². The van der Waals surface area contributed by atoms with Crippen molar-refractivity contribution >= 4 is 39.1 Å². The smallest absolute Gasteiger partial charge is 0.255 e. The molecule has 5 nitrogen and oxygen atoms in total. The average molecular weight is 363 g/mol. The van der Waals surface area contributed by atoms with Crippen LogP contribution in [0.2, 0.25) is 0 Å². The Morgan fingerprint density at radius 3 is 2.55 bits per heavy atom. The standard InChI is InChI=1S/C16H15BrN2O3/c1-10(20)18-13-5-3-4-11(8-13)16(21)19-14-9-12(17)6-7-15(14)22-2/h3-9H,1-2H3,(H,18,20)(H,19,21). The Bertz CT molecular complexity index is 716. The van der Waals surface area contributed by atoms with Gasteiger partial charge in [0.2, 0.25) is 5.91 Å². The highest BCUT2D eigenvalue weighted by Crippen LogP contribution is 2.28. The summed E-state index contributed by atoms with van der Waals surface area (Å²) in [6, 6.07) is 12.1. The van der Waals surface area contributed by atoms with Crippen molar-refractivity contribution in [1.29, 1.82) is 0 Å². The molecule has 0 aliphatic rings. The lowest BCUT2D eigenvalue weighted by atomic mass is 10.1. The maximum atomic E-state index is 12.3. The van der Waals surface area contributed by atoms with Gasteiger partial charge in [-0.15, -0.1) is 0 Å². The highest BCUT2D eigenvalue weighted by molar-refractivity contribution is 9.10. The molecule has 0 aliphatic carbocycles. The number of methoxy groups -OCH3 is 1. The molecule has 0 aliphatic heterocycles. The number of benzene rings is 2. The number of hydrogen-bond donors (Lipinski definition) is 2. The van der Waals surface area contributed by atoms with Crippen molar-refractivity contribution in [2.75, 3.05) is 17.7 Å². The molecule has 0 spiro atoms. The number of anilines is 2. The van der Waals surface area contributed by atoms with E-state index in [1.54, 1.807) is 36.4 Å². The minimum absolute atomic E-state index is 0.189. The predicted octanol–water partition coefficient (Wildman–Crippen LogP) is 3.67. The Kier molecular flexibility index (Phi) is 5.16. The van der Waals surface area contributed by atoms with E-state index in [9.17, 15) is 9.59 Å². The minimum atomic E-state index is -0.288. The fraction of sp³-hybridized carbons (Fsp3) is 0.125. The zero-order chi connectivity index (χ0) is 16.1. The first kappa shape index (κ1) is 16.0. The second-order valence-corrected chi connectivity index (χ2v) is 5.48. The number of carbonyl (C=O) groups excluding carboxylic acids is 2. The number of ether oxygens (including phenoxy) is 1. The summed E-state index contributed by atoms with van der Waals surface area (Å²) in [5.41, 5.74) is 1.57. The molecular formula is C16H15BrN2O3. The molecule has 0 atom stereocenters. The van der Waals surface area contributed by atoms with E-state index in [-0.39, 0.29) is 11.8 Å². The summed E-state index contributed by atoms with van der Waals surface area (Å²) in [4.78, 5) is 23.4. The van der Waals surface area contributed by atoms with Gasteiger partial charge in [0.05, 0.1) is 12.8 Å². The molecule has 0 saturated heterocycles. The maximum Gasteiger partial charge on any atom is 0.255 e. The van der Waals surface area contributed by atoms with Crippen LogP contribution in [0.3, 0.4) is 0 Å². The number of nitrogens with one attached hydrogen (secondary N) is 2. The molecule has 114 valence electrons. The van der Waals surface area contributed by atoms with Crippen molar-refractivity contribution in [3.05, 3.63) is 52.5 Å². The Hall–Kier alpha value is -2.34. The quantitative estimate of drug-likeness (QED) is 0.871. The first-order chi connectivity index (χ1) is 10.5. The average Bonchev–Trinajstić information content (AvgIpc) is 2.47.